The fraction of sp³-hybridized carbons (Fsp3) is 0.529. The first-order valence-corrected chi connectivity index (χ1v) is 7.91. The number of piperidine rings is 1. The van der Waals surface area contributed by atoms with Crippen molar-refractivity contribution in [2.24, 2.45) is 0 Å². The molecular weight excluding hydrogens is 294 g/mol. The number of rotatable bonds is 2. The van der Waals surface area contributed by atoms with E-state index in [1.807, 2.05) is 32.0 Å². The number of nitrogens with zero attached hydrogens (tertiary/aromatic N) is 2. The fourth-order valence-corrected chi connectivity index (χ4v) is 3.09. The van der Waals surface area contributed by atoms with Gasteiger partial charge in [-0.3, -0.25) is 0 Å². The van der Waals surface area contributed by atoms with Crippen molar-refractivity contribution in [2.45, 2.75) is 38.1 Å². The van der Waals surface area contributed by atoms with Crippen LogP contribution in [0.25, 0.3) is 0 Å². The molecule has 3 rings (SSSR count). The number of hydrogen-bond acceptors (Lipinski definition) is 4. The zero-order chi connectivity index (χ0) is 16.4. The summed E-state index contributed by atoms with van der Waals surface area (Å²) in [5, 5.41) is 12.7. The standard InChI is InChI=1S/C17H21N3O3/c1-12(2)19-16(21)20-7-5-17(10-18,6-8-20)13-3-4-14-15(9-13)23-11-22-14/h3-4,9,12H,5-8,11H2,1-2H3,(H,19,21). The molecule has 1 fully saturated rings. The number of urea groups is 1. The van der Waals surface area contributed by atoms with Crippen LogP contribution in [0.4, 0.5) is 4.79 Å². The van der Waals surface area contributed by atoms with Gasteiger partial charge in [-0.1, -0.05) is 6.07 Å². The molecule has 2 aliphatic heterocycles. The second-order valence-electron chi connectivity index (χ2n) is 6.35. The topological polar surface area (TPSA) is 74.6 Å². The van der Waals surface area contributed by atoms with E-state index >= 15 is 0 Å². The number of nitrogens with one attached hydrogen (secondary N) is 1. The maximum atomic E-state index is 12.1. The molecule has 0 bridgehead atoms. The van der Waals surface area contributed by atoms with Crippen molar-refractivity contribution >= 4 is 6.03 Å². The van der Waals surface area contributed by atoms with Crippen LogP contribution in [0.2, 0.25) is 0 Å². The molecule has 6 nitrogen and oxygen atoms in total. The van der Waals surface area contributed by atoms with Crippen LogP contribution in [-0.2, 0) is 5.41 Å². The van der Waals surface area contributed by atoms with Crippen molar-refractivity contribution in [1.29, 1.82) is 5.26 Å². The minimum absolute atomic E-state index is 0.0581. The average molecular weight is 315 g/mol. The van der Waals surface area contributed by atoms with Gasteiger partial charge in [-0.05, 0) is 44.4 Å². The van der Waals surface area contributed by atoms with Gasteiger partial charge in [0.15, 0.2) is 11.5 Å². The van der Waals surface area contributed by atoms with E-state index in [0.29, 0.717) is 31.7 Å². The number of fused-ring (bicyclic) bond motifs is 1. The van der Waals surface area contributed by atoms with Gasteiger partial charge in [0.2, 0.25) is 6.79 Å². The Kier molecular flexibility index (Phi) is 4.03. The van der Waals surface area contributed by atoms with Crippen molar-refractivity contribution < 1.29 is 14.3 Å². The van der Waals surface area contributed by atoms with Gasteiger partial charge >= 0.3 is 6.03 Å². The number of ether oxygens (including phenoxy) is 2. The van der Waals surface area contributed by atoms with E-state index in [4.69, 9.17) is 9.47 Å². The number of nitriles is 1. The Morgan fingerprint density at radius 2 is 2.00 bits per heavy atom. The number of hydrogen-bond donors (Lipinski definition) is 1. The molecule has 0 saturated carbocycles. The molecule has 122 valence electrons. The predicted octanol–water partition coefficient (Wildman–Crippen LogP) is 2.39. The molecule has 1 aromatic carbocycles. The van der Waals surface area contributed by atoms with Gasteiger partial charge in [0.1, 0.15) is 0 Å². The second kappa shape index (κ2) is 5.99. The quantitative estimate of drug-likeness (QED) is 0.909. The molecule has 0 unspecified atom stereocenters. The molecule has 6 heteroatoms. The third-order valence-corrected chi connectivity index (χ3v) is 4.46. The predicted molar refractivity (Wildman–Crippen MR) is 84.3 cm³/mol. The van der Waals surface area contributed by atoms with E-state index in [2.05, 4.69) is 11.4 Å². The summed E-state index contributed by atoms with van der Waals surface area (Å²) in [6.07, 6.45) is 1.24. The average Bonchev–Trinajstić information content (AvgIpc) is 3.02. The van der Waals surface area contributed by atoms with E-state index in [-0.39, 0.29) is 18.9 Å². The van der Waals surface area contributed by atoms with Gasteiger partial charge in [-0.15, -0.1) is 0 Å². The monoisotopic (exact) mass is 315 g/mol. The van der Waals surface area contributed by atoms with Gasteiger partial charge in [0.25, 0.3) is 0 Å². The fourth-order valence-electron chi connectivity index (χ4n) is 3.09. The molecule has 1 aromatic rings. The van der Waals surface area contributed by atoms with Crippen molar-refractivity contribution in [1.82, 2.24) is 10.2 Å². The largest absolute Gasteiger partial charge is 0.454 e. The highest BCUT2D eigenvalue weighted by molar-refractivity contribution is 5.74. The van der Waals surface area contributed by atoms with E-state index in [1.54, 1.807) is 4.90 Å². The van der Waals surface area contributed by atoms with Crippen LogP contribution < -0.4 is 14.8 Å². The highest BCUT2D eigenvalue weighted by atomic mass is 16.7. The molecule has 2 heterocycles. The number of carbonyl (C=O) groups excluding carboxylic acids is 1. The lowest BCUT2D eigenvalue weighted by atomic mass is 9.74. The normalized spacial score (nSPS) is 18.6. The summed E-state index contributed by atoms with van der Waals surface area (Å²) in [7, 11) is 0. The summed E-state index contributed by atoms with van der Waals surface area (Å²) in [6.45, 7) is 5.24. The molecule has 0 atom stereocenters. The van der Waals surface area contributed by atoms with Crippen LogP contribution >= 0.6 is 0 Å². The zero-order valence-electron chi connectivity index (χ0n) is 13.5. The summed E-state index contributed by atoms with van der Waals surface area (Å²) < 4.78 is 10.7. The van der Waals surface area contributed by atoms with Gasteiger partial charge in [-0.2, -0.15) is 5.26 Å². The van der Waals surface area contributed by atoms with Crippen LogP contribution in [-0.4, -0.2) is 36.9 Å². The van der Waals surface area contributed by atoms with E-state index < -0.39 is 5.41 Å². The molecule has 0 aromatic heterocycles. The molecule has 0 aliphatic carbocycles. The van der Waals surface area contributed by atoms with Crippen molar-refractivity contribution in [3.05, 3.63) is 23.8 Å². The lowest BCUT2D eigenvalue weighted by Gasteiger charge is -2.37. The Morgan fingerprint density at radius 1 is 1.30 bits per heavy atom. The first-order valence-electron chi connectivity index (χ1n) is 7.91. The first kappa shape index (κ1) is 15.5. The molecule has 0 spiro atoms. The van der Waals surface area contributed by atoms with Gasteiger partial charge in [0.05, 0.1) is 11.5 Å². The van der Waals surface area contributed by atoms with Crippen molar-refractivity contribution in [2.75, 3.05) is 19.9 Å². The number of amides is 2. The smallest absolute Gasteiger partial charge is 0.317 e. The van der Waals surface area contributed by atoms with E-state index in [9.17, 15) is 10.1 Å². The van der Waals surface area contributed by atoms with Crippen LogP contribution in [0.3, 0.4) is 0 Å². The lowest BCUT2D eigenvalue weighted by molar-refractivity contribution is 0.168. The summed E-state index contributed by atoms with van der Waals surface area (Å²) in [4.78, 5) is 13.9. The summed E-state index contributed by atoms with van der Waals surface area (Å²) in [5.74, 6) is 1.41. The molecule has 2 aliphatic rings. The summed E-state index contributed by atoms with van der Waals surface area (Å²) >= 11 is 0. The molecule has 1 saturated heterocycles. The molecule has 23 heavy (non-hydrogen) atoms. The molecule has 1 N–H and O–H groups in total. The van der Waals surface area contributed by atoms with Crippen molar-refractivity contribution in [3.8, 4) is 17.6 Å². The number of carbonyl (C=O) groups is 1. The van der Waals surface area contributed by atoms with Crippen LogP contribution in [0, 0.1) is 11.3 Å². The van der Waals surface area contributed by atoms with Crippen LogP contribution in [0.5, 0.6) is 11.5 Å². The number of benzene rings is 1. The molecule has 2 amide bonds. The summed E-state index contributed by atoms with van der Waals surface area (Å²) in [5.41, 5.74) is 0.364. The molecule has 0 radical (unpaired) electrons. The Hall–Kier alpha value is -2.42. The van der Waals surface area contributed by atoms with Crippen LogP contribution in [0.15, 0.2) is 18.2 Å². The van der Waals surface area contributed by atoms with Crippen LogP contribution in [0.1, 0.15) is 32.3 Å². The Balaban J connectivity index is 1.74. The zero-order valence-corrected chi connectivity index (χ0v) is 13.5. The second-order valence-corrected chi connectivity index (χ2v) is 6.35. The van der Waals surface area contributed by atoms with Crippen molar-refractivity contribution in [3.63, 3.8) is 0 Å². The highest BCUT2D eigenvalue weighted by Gasteiger charge is 2.38. The SMILES string of the molecule is CC(C)NC(=O)N1CCC(C#N)(c2ccc3c(c2)OCO3)CC1. The maximum absolute atomic E-state index is 12.1. The minimum Gasteiger partial charge on any atom is -0.454 e. The number of likely N-dealkylation sites (tertiary alicyclic amines) is 1. The highest BCUT2D eigenvalue weighted by Crippen LogP contribution is 2.40. The first-order chi connectivity index (χ1) is 11.0. The maximum Gasteiger partial charge on any atom is 0.317 e. The Morgan fingerprint density at radius 3 is 2.65 bits per heavy atom. The third-order valence-electron chi connectivity index (χ3n) is 4.46. The van der Waals surface area contributed by atoms with Gasteiger partial charge in [-0.25, -0.2) is 4.79 Å². The minimum atomic E-state index is -0.574. The lowest BCUT2D eigenvalue weighted by Crippen LogP contribution is -2.49. The van der Waals surface area contributed by atoms with E-state index in [1.165, 1.54) is 0 Å². The Bertz CT molecular complexity index is 643. The van der Waals surface area contributed by atoms with E-state index in [0.717, 1.165) is 11.3 Å². The summed E-state index contributed by atoms with van der Waals surface area (Å²) in [6, 6.07) is 8.21. The van der Waals surface area contributed by atoms with Gasteiger partial charge < -0.3 is 19.7 Å². The molecular formula is C17H21N3O3. The Labute approximate surface area is 136 Å². The van der Waals surface area contributed by atoms with Gasteiger partial charge in [0, 0.05) is 19.1 Å². The third kappa shape index (κ3) is 2.91.